The second-order valence-electron chi connectivity index (χ2n) is 8.25. The first-order chi connectivity index (χ1) is 14.3. The van der Waals surface area contributed by atoms with Gasteiger partial charge in [0.2, 0.25) is 0 Å². The van der Waals surface area contributed by atoms with Gasteiger partial charge in [0, 0.05) is 44.2 Å². The molecule has 164 valence electrons. The molecular weight excluding hydrogens is 415 g/mol. The SMILES string of the molecule is O=c1cc(N2CCN(CC3CCCCC3)CC2)sc2c(NO)cc(C(F)(F)F)cc12. The normalized spacial score (nSPS) is 19.4. The van der Waals surface area contributed by atoms with Crippen LogP contribution in [0.4, 0.5) is 23.9 Å². The number of hydrogen-bond donors (Lipinski definition) is 2. The first-order valence-corrected chi connectivity index (χ1v) is 11.2. The van der Waals surface area contributed by atoms with E-state index >= 15 is 0 Å². The maximum absolute atomic E-state index is 13.1. The molecular formula is C21H26F3N3O2S. The van der Waals surface area contributed by atoms with Gasteiger partial charge >= 0.3 is 6.18 Å². The molecule has 2 heterocycles. The second kappa shape index (κ2) is 8.72. The second-order valence-corrected chi connectivity index (χ2v) is 9.28. The molecule has 0 amide bonds. The number of halogens is 3. The lowest BCUT2D eigenvalue weighted by Gasteiger charge is -2.38. The maximum Gasteiger partial charge on any atom is 0.416 e. The zero-order valence-corrected chi connectivity index (χ0v) is 17.5. The molecule has 1 aliphatic heterocycles. The van der Waals surface area contributed by atoms with Gasteiger partial charge in [0.05, 0.1) is 21.0 Å². The summed E-state index contributed by atoms with van der Waals surface area (Å²) in [6.45, 7) is 4.50. The number of piperazine rings is 1. The molecule has 2 aromatic rings. The van der Waals surface area contributed by atoms with Crippen LogP contribution in [0.25, 0.3) is 10.1 Å². The smallest absolute Gasteiger partial charge is 0.361 e. The fraction of sp³-hybridized carbons (Fsp3) is 0.571. The molecule has 1 aromatic heterocycles. The van der Waals surface area contributed by atoms with E-state index in [1.165, 1.54) is 49.5 Å². The Hall–Kier alpha value is -1.84. The number of fused-ring (bicyclic) bond motifs is 1. The maximum atomic E-state index is 13.1. The van der Waals surface area contributed by atoms with Gasteiger partial charge in [0.15, 0.2) is 5.43 Å². The van der Waals surface area contributed by atoms with Gasteiger partial charge in [-0.3, -0.25) is 20.4 Å². The fourth-order valence-electron chi connectivity index (χ4n) is 4.53. The Kier molecular flexibility index (Phi) is 6.22. The molecule has 0 bridgehead atoms. The molecule has 0 spiro atoms. The van der Waals surface area contributed by atoms with Crippen LogP contribution in [0.2, 0.25) is 0 Å². The van der Waals surface area contributed by atoms with Crippen LogP contribution < -0.4 is 15.8 Å². The average Bonchev–Trinajstić information content (AvgIpc) is 2.73. The Bertz CT molecular complexity index is 949. The monoisotopic (exact) mass is 441 g/mol. The highest BCUT2D eigenvalue weighted by molar-refractivity contribution is 7.22. The Balaban J connectivity index is 1.53. The Morgan fingerprint density at radius 1 is 1.07 bits per heavy atom. The van der Waals surface area contributed by atoms with Gasteiger partial charge in [0.25, 0.3) is 0 Å². The minimum absolute atomic E-state index is 0.0361. The summed E-state index contributed by atoms with van der Waals surface area (Å²) in [5.41, 5.74) is 0.315. The van der Waals surface area contributed by atoms with Crippen molar-refractivity contribution in [1.29, 1.82) is 0 Å². The zero-order valence-electron chi connectivity index (χ0n) is 16.7. The Morgan fingerprint density at radius 2 is 1.77 bits per heavy atom. The number of anilines is 2. The van der Waals surface area contributed by atoms with E-state index in [0.29, 0.717) is 4.70 Å². The van der Waals surface area contributed by atoms with Crippen LogP contribution in [0.3, 0.4) is 0 Å². The molecule has 2 N–H and O–H groups in total. The van der Waals surface area contributed by atoms with Crippen molar-refractivity contribution in [1.82, 2.24) is 4.90 Å². The molecule has 0 unspecified atom stereocenters. The standard InChI is InChI=1S/C21H26F3N3O2S/c22-21(23,24)15-10-16-18(28)12-19(30-20(16)17(11-15)25-29)27-8-6-26(7-9-27)13-14-4-2-1-3-5-14/h10-12,14,25,29H,1-9,13H2. The third kappa shape index (κ3) is 4.58. The first kappa shape index (κ1) is 21.4. The molecule has 1 aliphatic carbocycles. The number of nitrogens with one attached hydrogen (secondary N) is 1. The molecule has 1 saturated heterocycles. The average molecular weight is 442 g/mol. The third-order valence-electron chi connectivity index (χ3n) is 6.19. The van der Waals surface area contributed by atoms with E-state index in [2.05, 4.69) is 9.80 Å². The predicted molar refractivity (Wildman–Crippen MR) is 114 cm³/mol. The largest absolute Gasteiger partial charge is 0.416 e. The van der Waals surface area contributed by atoms with Crippen LogP contribution in [0.1, 0.15) is 37.7 Å². The molecule has 1 saturated carbocycles. The molecule has 2 fully saturated rings. The van der Waals surface area contributed by atoms with Crippen molar-refractivity contribution in [2.75, 3.05) is 43.1 Å². The van der Waals surface area contributed by atoms with Crippen molar-refractivity contribution >= 4 is 32.1 Å². The van der Waals surface area contributed by atoms with Crippen molar-refractivity contribution in [2.45, 2.75) is 38.3 Å². The fourth-order valence-corrected chi connectivity index (χ4v) is 5.70. The van der Waals surface area contributed by atoms with Gasteiger partial charge in [-0.15, -0.1) is 11.3 Å². The number of hydrogen-bond acceptors (Lipinski definition) is 6. The topological polar surface area (TPSA) is 55.8 Å². The number of rotatable bonds is 4. The lowest BCUT2D eigenvalue weighted by Crippen LogP contribution is -2.48. The van der Waals surface area contributed by atoms with Crippen LogP contribution in [0.15, 0.2) is 23.0 Å². The molecule has 1 aromatic carbocycles. The van der Waals surface area contributed by atoms with Crippen LogP contribution in [-0.2, 0) is 6.18 Å². The van der Waals surface area contributed by atoms with Crippen molar-refractivity contribution in [2.24, 2.45) is 5.92 Å². The van der Waals surface area contributed by atoms with Crippen molar-refractivity contribution < 1.29 is 18.4 Å². The molecule has 0 radical (unpaired) electrons. The van der Waals surface area contributed by atoms with Gasteiger partial charge in [-0.1, -0.05) is 19.3 Å². The van der Waals surface area contributed by atoms with E-state index in [9.17, 15) is 23.2 Å². The minimum Gasteiger partial charge on any atom is -0.361 e. The Morgan fingerprint density at radius 3 is 2.40 bits per heavy atom. The molecule has 9 heteroatoms. The molecule has 4 rings (SSSR count). The van der Waals surface area contributed by atoms with Crippen LogP contribution in [0, 0.1) is 5.92 Å². The van der Waals surface area contributed by atoms with E-state index in [4.69, 9.17) is 0 Å². The number of benzene rings is 1. The summed E-state index contributed by atoms with van der Waals surface area (Å²) in [6, 6.07) is 3.12. The summed E-state index contributed by atoms with van der Waals surface area (Å²) in [4.78, 5) is 17.2. The van der Waals surface area contributed by atoms with Crippen molar-refractivity contribution in [3.8, 4) is 0 Å². The van der Waals surface area contributed by atoms with Gasteiger partial charge in [-0.25, -0.2) is 0 Å². The highest BCUT2D eigenvalue weighted by Crippen LogP contribution is 2.38. The first-order valence-electron chi connectivity index (χ1n) is 10.4. The lowest BCUT2D eigenvalue weighted by atomic mass is 9.89. The summed E-state index contributed by atoms with van der Waals surface area (Å²) < 4.78 is 39.7. The quantitative estimate of drug-likeness (QED) is 0.669. The van der Waals surface area contributed by atoms with Crippen LogP contribution in [0.5, 0.6) is 0 Å². The number of alkyl halides is 3. The summed E-state index contributed by atoms with van der Waals surface area (Å²) in [5, 5.41) is 10.1. The summed E-state index contributed by atoms with van der Waals surface area (Å²) in [7, 11) is 0. The summed E-state index contributed by atoms with van der Waals surface area (Å²) in [5.74, 6) is 0.781. The Labute approximate surface area is 177 Å². The van der Waals surface area contributed by atoms with Gasteiger partial charge in [-0.2, -0.15) is 13.2 Å². The molecule has 30 heavy (non-hydrogen) atoms. The van der Waals surface area contributed by atoms with E-state index in [-0.39, 0.29) is 11.1 Å². The zero-order chi connectivity index (χ0) is 21.3. The highest BCUT2D eigenvalue weighted by Gasteiger charge is 2.32. The molecule has 0 atom stereocenters. The van der Waals surface area contributed by atoms with Gasteiger partial charge in [-0.05, 0) is 30.9 Å². The van der Waals surface area contributed by atoms with Crippen molar-refractivity contribution in [3.05, 3.63) is 34.0 Å². The van der Waals surface area contributed by atoms with Crippen molar-refractivity contribution in [3.63, 3.8) is 0 Å². The van der Waals surface area contributed by atoms with E-state index in [0.717, 1.165) is 55.8 Å². The number of nitrogens with zero attached hydrogens (tertiary/aromatic N) is 2. The summed E-state index contributed by atoms with van der Waals surface area (Å²) in [6.07, 6.45) is 2.02. The van der Waals surface area contributed by atoms with E-state index in [1.54, 1.807) is 0 Å². The third-order valence-corrected chi connectivity index (χ3v) is 7.42. The van der Waals surface area contributed by atoms with Gasteiger partial charge < -0.3 is 4.90 Å². The minimum atomic E-state index is -4.59. The van der Waals surface area contributed by atoms with Crippen LogP contribution in [-0.4, -0.2) is 42.8 Å². The van der Waals surface area contributed by atoms with Crippen LogP contribution >= 0.6 is 11.3 Å². The van der Waals surface area contributed by atoms with Gasteiger partial charge in [0.1, 0.15) is 0 Å². The lowest BCUT2D eigenvalue weighted by molar-refractivity contribution is -0.137. The molecule has 5 nitrogen and oxygen atoms in total. The molecule has 2 aliphatic rings. The highest BCUT2D eigenvalue weighted by atomic mass is 32.1. The van der Waals surface area contributed by atoms with E-state index in [1.807, 2.05) is 5.48 Å². The predicted octanol–water partition coefficient (Wildman–Crippen LogP) is 4.78. The summed E-state index contributed by atoms with van der Waals surface area (Å²) >= 11 is 1.23. The van der Waals surface area contributed by atoms with E-state index < -0.39 is 17.2 Å².